The van der Waals surface area contributed by atoms with Gasteiger partial charge in [-0.2, -0.15) is 0 Å². The summed E-state index contributed by atoms with van der Waals surface area (Å²) in [5, 5.41) is 0.187. The first-order valence-corrected chi connectivity index (χ1v) is 5.82. The van der Waals surface area contributed by atoms with Crippen LogP contribution in [0.5, 0.6) is 0 Å². The van der Waals surface area contributed by atoms with E-state index in [9.17, 15) is 9.46 Å². The summed E-state index contributed by atoms with van der Waals surface area (Å²) in [5.74, 6) is 0. The molecule has 0 aliphatic carbocycles. The maximum atomic E-state index is 10.6. The van der Waals surface area contributed by atoms with Gasteiger partial charge >= 0.3 is 8.03 Å². The molecule has 0 saturated carbocycles. The summed E-state index contributed by atoms with van der Waals surface area (Å²) in [6.45, 7) is 0. The Labute approximate surface area is 75.9 Å². The molecule has 12 heavy (non-hydrogen) atoms. The van der Waals surface area contributed by atoms with Gasteiger partial charge < -0.3 is 4.89 Å². The van der Waals surface area contributed by atoms with Crippen molar-refractivity contribution >= 4 is 19.8 Å². The summed E-state index contributed by atoms with van der Waals surface area (Å²) in [6.07, 6.45) is 0. The molecular weight excluding hydrogens is 191 g/mol. The fourth-order valence-electron chi connectivity index (χ4n) is 1.15. The first-order valence-electron chi connectivity index (χ1n) is 3.63. The van der Waals surface area contributed by atoms with Crippen LogP contribution < -0.4 is 4.89 Å². The monoisotopic (exact) mass is 198 g/mol. The third-order valence-electron chi connectivity index (χ3n) is 1.80. The first kappa shape index (κ1) is 8.24. The van der Waals surface area contributed by atoms with Crippen LogP contribution in [0.1, 0.15) is 10.8 Å². The van der Waals surface area contributed by atoms with Gasteiger partial charge in [0.2, 0.25) is 4.99 Å². The zero-order chi connectivity index (χ0) is 8.55. The van der Waals surface area contributed by atoms with Crippen LogP contribution in [0, 0.1) is 0 Å². The lowest BCUT2D eigenvalue weighted by Gasteiger charge is -1.92. The molecule has 1 aliphatic rings. The van der Waals surface area contributed by atoms with Gasteiger partial charge in [0.05, 0.1) is 5.25 Å². The molecule has 3 atom stereocenters. The molecule has 2 rings (SSSR count). The minimum Gasteiger partial charge on any atom is -0.595 e. The summed E-state index contributed by atoms with van der Waals surface area (Å²) < 4.78 is 10.6. The van der Waals surface area contributed by atoms with E-state index in [2.05, 4.69) is 0 Å². The molecule has 0 spiro atoms. The molecule has 0 radical (unpaired) electrons. The third-order valence-corrected chi connectivity index (χ3v) is 4.68. The van der Waals surface area contributed by atoms with E-state index < -0.39 is 8.03 Å². The van der Waals surface area contributed by atoms with Crippen LogP contribution in [0.3, 0.4) is 0 Å². The Morgan fingerprint density at radius 2 is 2.00 bits per heavy atom. The maximum absolute atomic E-state index is 10.6. The van der Waals surface area contributed by atoms with Crippen LogP contribution in [0.2, 0.25) is 0 Å². The summed E-state index contributed by atoms with van der Waals surface area (Å²) in [7, 11) is -2.25. The summed E-state index contributed by atoms with van der Waals surface area (Å²) in [5.41, 5.74) is 1.12. The molecule has 0 bridgehead atoms. The molecule has 0 amide bonds. The Kier molecular flexibility index (Phi) is 2.18. The molecule has 1 aromatic rings. The van der Waals surface area contributed by atoms with Gasteiger partial charge in [-0.15, -0.1) is 0 Å². The summed E-state index contributed by atoms with van der Waals surface area (Å²) in [6, 6.07) is 9.74. The second-order valence-electron chi connectivity index (χ2n) is 2.64. The zero-order valence-corrected chi connectivity index (χ0v) is 7.92. The molecular formula is C8H7O2PS. The van der Waals surface area contributed by atoms with Crippen LogP contribution >= 0.6 is 19.8 Å². The van der Waals surface area contributed by atoms with Crippen molar-refractivity contribution in [3.05, 3.63) is 35.9 Å². The Hall–Kier alpha value is -0.370. The lowest BCUT2D eigenvalue weighted by Crippen LogP contribution is -1.92. The van der Waals surface area contributed by atoms with Crippen LogP contribution in [0.4, 0.5) is 0 Å². The van der Waals surface area contributed by atoms with Gasteiger partial charge in [-0.05, 0) is 5.56 Å². The fourth-order valence-corrected chi connectivity index (χ4v) is 3.31. The summed E-state index contributed by atoms with van der Waals surface area (Å²) in [4.78, 5) is 10.4. The quantitative estimate of drug-likeness (QED) is 0.538. The van der Waals surface area contributed by atoms with Crippen molar-refractivity contribution in [2.45, 2.75) is 10.2 Å². The van der Waals surface area contributed by atoms with Crippen molar-refractivity contribution < 1.29 is 9.46 Å². The van der Waals surface area contributed by atoms with E-state index >= 15 is 0 Å². The van der Waals surface area contributed by atoms with Crippen LogP contribution in [0.15, 0.2) is 30.3 Å². The standard InChI is InChI=1S/C8H7O2PS/c9-11(10)8-7(12-8)6-4-2-1-3-5-6/h1-5,7-8H. The van der Waals surface area contributed by atoms with Gasteiger partial charge in [0.1, 0.15) is 0 Å². The molecule has 1 fully saturated rings. The van der Waals surface area contributed by atoms with Crippen molar-refractivity contribution in [1.82, 2.24) is 0 Å². The highest BCUT2D eigenvalue weighted by Gasteiger charge is 2.50. The van der Waals surface area contributed by atoms with Crippen molar-refractivity contribution in [3.8, 4) is 0 Å². The number of rotatable bonds is 2. The van der Waals surface area contributed by atoms with E-state index in [1.165, 1.54) is 11.8 Å². The third kappa shape index (κ3) is 1.53. The lowest BCUT2D eigenvalue weighted by atomic mass is 10.2. The van der Waals surface area contributed by atoms with Crippen molar-refractivity contribution in [1.29, 1.82) is 0 Å². The summed E-state index contributed by atoms with van der Waals surface area (Å²) >= 11 is 1.50. The molecule has 0 aromatic heterocycles. The van der Waals surface area contributed by atoms with Crippen molar-refractivity contribution in [2.24, 2.45) is 0 Å². The Bertz CT molecular complexity index is 301. The van der Waals surface area contributed by atoms with Gasteiger partial charge in [-0.1, -0.05) is 46.7 Å². The van der Waals surface area contributed by atoms with E-state index in [1.807, 2.05) is 30.3 Å². The number of thioether (sulfide) groups is 1. The average molecular weight is 198 g/mol. The van der Waals surface area contributed by atoms with Crippen molar-refractivity contribution in [3.63, 3.8) is 0 Å². The van der Waals surface area contributed by atoms with E-state index in [4.69, 9.17) is 0 Å². The van der Waals surface area contributed by atoms with Crippen LogP contribution in [-0.2, 0) is 4.57 Å². The highest BCUT2D eigenvalue weighted by molar-refractivity contribution is 8.12. The lowest BCUT2D eigenvalue weighted by molar-refractivity contribution is -0.164. The minimum atomic E-state index is -2.25. The number of benzene rings is 1. The molecule has 4 heteroatoms. The SMILES string of the molecule is O=[P+]([O-])C1SC1c1ccccc1. The normalized spacial score (nSPS) is 28.2. The predicted molar refractivity (Wildman–Crippen MR) is 48.2 cm³/mol. The molecule has 1 heterocycles. The first-order chi connectivity index (χ1) is 5.79. The number of hydrogen-bond donors (Lipinski definition) is 0. The Morgan fingerprint density at radius 1 is 1.33 bits per heavy atom. The second kappa shape index (κ2) is 3.17. The molecule has 1 aliphatic heterocycles. The van der Waals surface area contributed by atoms with E-state index in [-0.39, 0.29) is 10.2 Å². The zero-order valence-electron chi connectivity index (χ0n) is 6.21. The Balaban J connectivity index is 2.11. The van der Waals surface area contributed by atoms with Crippen LogP contribution in [0.25, 0.3) is 0 Å². The Morgan fingerprint density at radius 3 is 2.50 bits per heavy atom. The molecule has 3 unspecified atom stereocenters. The maximum Gasteiger partial charge on any atom is 0.324 e. The highest BCUT2D eigenvalue weighted by Crippen LogP contribution is 2.62. The minimum absolute atomic E-state index is 0.178. The molecule has 1 saturated heterocycles. The van der Waals surface area contributed by atoms with Gasteiger partial charge in [0, 0.05) is 0 Å². The topological polar surface area (TPSA) is 40.1 Å². The molecule has 62 valence electrons. The smallest absolute Gasteiger partial charge is 0.324 e. The van der Waals surface area contributed by atoms with E-state index in [1.54, 1.807) is 0 Å². The van der Waals surface area contributed by atoms with E-state index in [0.29, 0.717) is 0 Å². The number of hydrogen-bond acceptors (Lipinski definition) is 3. The van der Waals surface area contributed by atoms with Crippen LogP contribution in [-0.4, -0.2) is 4.99 Å². The second-order valence-corrected chi connectivity index (χ2v) is 5.41. The van der Waals surface area contributed by atoms with Crippen molar-refractivity contribution in [2.75, 3.05) is 0 Å². The molecule has 1 aromatic carbocycles. The van der Waals surface area contributed by atoms with Gasteiger partial charge in [-0.25, -0.2) is 0 Å². The largest absolute Gasteiger partial charge is 0.595 e. The highest BCUT2D eigenvalue weighted by atomic mass is 32.2. The van der Waals surface area contributed by atoms with E-state index in [0.717, 1.165) is 5.56 Å². The fraction of sp³-hybridized carbons (Fsp3) is 0.250. The van der Waals surface area contributed by atoms with Gasteiger partial charge in [0.25, 0.3) is 0 Å². The predicted octanol–water partition coefficient (Wildman–Crippen LogP) is 1.90. The van der Waals surface area contributed by atoms with Gasteiger partial charge in [-0.3, -0.25) is 0 Å². The average Bonchev–Trinajstić information content (AvgIpc) is 2.84. The van der Waals surface area contributed by atoms with Gasteiger partial charge in [0.15, 0.2) is 0 Å². The molecule has 0 N–H and O–H groups in total. The molecule has 2 nitrogen and oxygen atoms in total.